The number of hydrogen-bond acceptors (Lipinski definition) is 0. The van der Waals surface area contributed by atoms with Crippen LogP contribution >= 0.6 is 0 Å². The Balaban J connectivity index is 1.27. The molecule has 0 N–H and O–H groups in total. The van der Waals surface area contributed by atoms with E-state index in [0.717, 1.165) is 12.8 Å². The third kappa shape index (κ3) is 3.53. The smallest absolute Gasteiger partial charge is 0.00334 e. The summed E-state index contributed by atoms with van der Waals surface area (Å²) in [5.74, 6) is 1.32. The third-order valence-corrected chi connectivity index (χ3v) is 8.10. The minimum absolute atomic E-state index is 0.425. The van der Waals surface area contributed by atoms with Crippen molar-refractivity contribution in [1.29, 1.82) is 0 Å². The average molecular weight is 449 g/mol. The van der Waals surface area contributed by atoms with Gasteiger partial charge in [0.25, 0.3) is 0 Å². The molecular formula is C35H28. The molecule has 0 saturated carbocycles. The SMILES string of the molecule is C1=CC(CC(CC2C=Cc3cccc4cccc2c34)c2ccccc2)c2cccc3cccc1c23. The molecule has 0 spiro atoms. The molecular weight excluding hydrogens is 420 g/mol. The van der Waals surface area contributed by atoms with E-state index in [4.69, 9.17) is 0 Å². The molecule has 168 valence electrons. The molecule has 7 rings (SSSR count). The van der Waals surface area contributed by atoms with Gasteiger partial charge in [-0.3, -0.25) is 0 Å². The molecule has 0 radical (unpaired) electrons. The lowest BCUT2D eigenvalue weighted by atomic mass is 9.74. The molecule has 2 aliphatic rings. The molecule has 2 aliphatic carbocycles. The summed E-state index contributed by atoms with van der Waals surface area (Å²) in [6, 6.07) is 38.2. The molecule has 0 heteroatoms. The molecule has 2 unspecified atom stereocenters. The van der Waals surface area contributed by atoms with Gasteiger partial charge in [0.2, 0.25) is 0 Å². The first-order valence-electron chi connectivity index (χ1n) is 12.8. The molecule has 0 heterocycles. The Morgan fingerprint density at radius 3 is 1.49 bits per heavy atom. The second kappa shape index (κ2) is 8.40. The van der Waals surface area contributed by atoms with Crippen LogP contribution in [-0.2, 0) is 0 Å². The molecule has 2 atom stereocenters. The zero-order valence-electron chi connectivity index (χ0n) is 19.8. The van der Waals surface area contributed by atoms with E-state index >= 15 is 0 Å². The van der Waals surface area contributed by atoms with Gasteiger partial charge in [0, 0.05) is 11.8 Å². The van der Waals surface area contributed by atoms with Crippen LogP contribution in [0.15, 0.2) is 115 Å². The quantitative estimate of drug-likeness (QED) is 0.251. The van der Waals surface area contributed by atoms with Crippen LogP contribution in [0.4, 0.5) is 0 Å². The summed E-state index contributed by atoms with van der Waals surface area (Å²) in [6.45, 7) is 0. The average Bonchev–Trinajstić information content (AvgIpc) is 2.92. The van der Waals surface area contributed by atoms with Gasteiger partial charge in [-0.1, -0.05) is 127 Å². The summed E-state index contributed by atoms with van der Waals surface area (Å²) in [5.41, 5.74) is 7.11. The van der Waals surface area contributed by atoms with Crippen LogP contribution < -0.4 is 0 Å². The molecule has 0 aromatic heterocycles. The lowest BCUT2D eigenvalue weighted by molar-refractivity contribution is 0.526. The number of benzene rings is 5. The Hall–Kier alpha value is -3.90. The Kier molecular flexibility index (Phi) is 4.91. The van der Waals surface area contributed by atoms with E-state index in [2.05, 4.69) is 127 Å². The van der Waals surface area contributed by atoms with Crippen molar-refractivity contribution in [2.45, 2.75) is 30.6 Å². The van der Waals surface area contributed by atoms with Crippen LogP contribution in [0.5, 0.6) is 0 Å². The second-order valence-corrected chi connectivity index (χ2v) is 10.1. The van der Waals surface area contributed by atoms with Crippen LogP contribution in [-0.4, -0.2) is 0 Å². The minimum Gasteiger partial charge on any atom is -0.0763 e. The van der Waals surface area contributed by atoms with E-state index in [1.54, 1.807) is 0 Å². The van der Waals surface area contributed by atoms with Gasteiger partial charge in [0.1, 0.15) is 0 Å². The minimum atomic E-state index is 0.425. The molecule has 35 heavy (non-hydrogen) atoms. The van der Waals surface area contributed by atoms with Gasteiger partial charge in [-0.25, -0.2) is 0 Å². The maximum absolute atomic E-state index is 2.44. The van der Waals surface area contributed by atoms with E-state index in [1.807, 2.05) is 0 Å². The number of rotatable bonds is 5. The summed E-state index contributed by atoms with van der Waals surface area (Å²) >= 11 is 0. The van der Waals surface area contributed by atoms with Crippen LogP contribution in [0.25, 0.3) is 33.7 Å². The molecule has 0 nitrogen and oxygen atoms in total. The van der Waals surface area contributed by atoms with Crippen molar-refractivity contribution < 1.29 is 0 Å². The topological polar surface area (TPSA) is 0 Å². The monoisotopic (exact) mass is 448 g/mol. The fraction of sp³-hybridized carbons (Fsp3) is 0.143. The molecule has 5 aromatic carbocycles. The normalized spacial score (nSPS) is 18.7. The first-order chi connectivity index (χ1) is 17.3. The van der Waals surface area contributed by atoms with Crippen LogP contribution in [0.3, 0.4) is 0 Å². The molecule has 0 fully saturated rings. The summed E-state index contributed by atoms with van der Waals surface area (Å²) in [5, 5.41) is 5.57. The highest BCUT2D eigenvalue weighted by atomic mass is 14.3. The number of allylic oxidation sites excluding steroid dienone is 2. The van der Waals surface area contributed by atoms with E-state index < -0.39 is 0 Å². The maximum Gasteiger partial charge on any atom is 0.00334 e. The van der Waals surface area contributed by atoms with Crippen molar-refractivity contribution in [3.05, 3.63) is 143 Å². The van der Waals surface area contributed by atoms with Gasteiger partial charge in [0.15, 0.2) is 0 Å². The van der Waals surface area contributed by atoms with Crippen LogP contribution in [0.1, 0.15) is 58.4 Å². The van der Waals surface area contributed by atoms with Crippen molar-refractivity contribution in [2.75, 3.05) is 0 Å². The summed E-state index contributed by atoms with van der Waals surface area (Å²) < 4.78 is 0. The molecule has 0 aliphatic heterocycles. The third-order valence-electron chi connectivity index (χ3n) is 8.10. The van der Waals surface area contributed by atoms with Gasteiger partial charge in [0.05, 0.1) is 0 Å². The Labute approximate surface area is 207 Å². The summed E-state index contributed by atoms with van der Waals surface area (Å²) in [7, 11) is 0. The van der Waals surface area contributed by atoms with Crippen LogP contribution in [0, 0.1) is 0 Å². The number of hydrogen-bond donors (Lipinski definition) is 0. The zero-order valence-corrected chi connectivity index (χ0v) is 19.8. The van der Waals surface area contributed by atoms with Crippen molar-refractivity contribution >= 4 is 33.7 Å². The van der Waals surface area contributed by atoms with Crippen molar-refractivity contribution in [2.24, 2.45) is 0 Å². The Morgan fingerprint density at radius 1 is 0.486 bits per heavy atom. The summed E-state index contributed by atoms with van der Waals surface area (Å²) in [6.07, 6.45) is 11.8. The van der Waals surface area contributed by atoms with Crippen molar-refractivity contribution in [1.82, 2.24) is 0 Å². The Morgan fingerprint density at radius 2 is 0.971 bits per heavy atom. The Bertz CT molecular complexity index is 1490. The maximum atomic E-state index is 2.44. The predicted molar refractivity (Wildman–Crippen MR) is 150 cm³/mol. The van der Waals surface area contributed by atoms with Crippen LogP contribution in [0.2, 0.25) is 0 Å². The zero-order chi connectivity index (χ0) is 23.2. The summed E-state index contributed by atoms with van der Waals surface area (Å²) in [4.78, 5) is 0. The predicted octanol–water partition coefficient (Wildman–Crippen LogP) is 9.48. The standard InChI is InChI=1S/C35H28/c1-2-8-24(9-3-1)31(22-29-20-18-27-12-4-10-25-14-6-16-32(29)34(25)27)23-30-21-19-28-13-5-11-26-15-7-17-33(30)35(26)28/h1-21,29-31H,22-23H2. The van der Waals surface area contributed by atoms with Gasteiger partial charge in [-0.05, 0) is 68.1 Å². The largest absolute Gasteiger partial charge is 0.0763 e. The van der Waals surface area contributed by atoms with Gasteiger partial charge in [-0.15, -0.1) is 0 Å². The van der Waals surface area contributed by atoms with E-state index in [1.165, 1.54) is 49.4 Å². The molecule has 0 saturated heterocycles. The van der Waals surface area contributed by atoms with Gasteiger partial charge >= 0.3 is 0 Å². The fourth-order valence-corrected chi connectivity index (χ4v) is 6.46. The van der Waals surface area contributed by atoms with E-state index in [0.29, 0.717) is 17.8 Å². The lowest BCUT2D eigenvalue weighted by Crippen LogP contribution is -2.12. The highest BCUT2D eigenvalue weighted by molar-refractivity contribution is 5.96. The van der Waals surface area contributed by atoms with Gasteiger partial charge < -0.3 is 0 Å². The van der Waals surface area contributed by atoms with Crippen molar-refractivity contribution in [3.63, 3.8) is 0 Å². The van der Waals surface area contributed by atoms with Crippen molar-refractivity contribution in [3.8, 4) is 0 Å². The fourth-order valence-electron chi connectivity index (χ4n) is 6.46. The molecule has 0 bridgehead atoms. The first kappa shape index (κ1) is 20.5. The van der Waals surface area contributed by atoms with Gasteiger partial charge in [-0.2, -0.15) is 0 Å². The highest BCUT2D eigenvalue weighted by Crippen LogP contribution is 2.45. The van der Waals surface area contributed by atoms with E-state index in [-0.39, 0.29) is 0 Å². The first-order valence-corrected chi connectivity index (χ1v) is 12.8. The highest BCUT2D eigenvalue weighted by Gasteiger charge is 2.26. The molecule has 0 amide bonds. The lowest BCUT2D eigenvalue weighted by Gasteiger charge is -2.30. The molecule has 5 aromatic rings. The second-order valence-electron chi connectivity index (χ2n) is 10.1. The van der Waals surface area contributed by atoms with E-state index in [9.17, 15) is 0 Å².